The molecule has 5 nitrogen and oxygen atoms in total. The van der Waals surface area contributed by atoms with Crippen LogP contribution in [-0.4, -0.2) is 23.0 Å². The Morgan fingerprint density at radius 1 is 0.479 bits per heavy atom. The number of para-hydroxylation sites is 2. The van der Waals surface area contributed by atoms with Gasteiger partial charge in [-0.3, -0.25) is 9.97 Å². The van der Waals surface area contributed by atoms with E-state index in [0.717, 1.165) is 72.4 Å². The van der Waals surface area contributed by atoms with Crippen molar-refractivity contribution in [3.8, 4) is 50.2 Å². The summed E-state index contributed by atoms with van der Waals surface area (Å²) in [6.07, 6.45) is 7.31. The third-order valence-corrected chi connectivity index (χ3v) is 10.8. The van der Waals surface area contributed by atoms with Crippen LogP contribution >= 0.6 is 0 Å². The van der Waals surface area contributed by atoms with Gasteiger partial charge in [-0.05, 0) is 105 Å². The van der Waals surface area contributed by atoms with Crippen LogP contribution in [-0.2, 0) is 21.3 Å². The highest BCUT2D eigenvalue weighted by atomic mass is 32.2. The lowest BCUT2D eigenvalue weighted by Crippen LogP contribution is -2.05. The summed E-state index contributed by atoms with van der Waals surface area (Å²) in [6.45, 7) is 0. The molecule has 0 N–H and O–H groups in total. The van der Waals surface area contributed by atoms with Gasteiger partial charge in [-0.1, -0.05) is 66.7 Å². The SMILES string of the molecule is O=S1(=O)Cc2ccc(-c3cc(-c4cccnc4)cc(-c4cccnc4)c3)cc2-c2cc(-n3c4ccccc4c4ccccc43)ccc2C1. The van der Waals surface area contributed by atoms with E-state index in [-0.39, 0.29) is 11.5 Å². The highest BCUT2D eigenvalue weighted by molar-refractivity contribution is 7.89. The van der Waals surface area contributed by atoms with Crippen LogP contribution in [0.4, 0.5) is 0 Å². The summed E-state index contributed by atoms with van der Waals surface area (Å²) in [4.78, 5) is 8.74. The third-order valence-electron chi connectivity index (χ3n) is 9.34. The molecule has 48 heavy (non-hydrogen) atoms. The van der Waals surface area contributed by atoms with E-state index in [1.165, 1.54) is 10.8 Å². The molecule has 0 unspecified atom stereocenters. The van der Waals surface area contributed by atoms with Gasteiger partial charge in [0.1, 0.15) is 0 Å². The average Bonchev–Trinajstić information content (AvgIpc) is 3.41. The molecule has 0 saturated carbocycles. The summed E-state index contributed by atoms with van der Waals surface area (Å²) < 4.78 is 29.1. The number of sulfone groups is 1. The molecule has 4 heterocycles. The Morgan fingerprint density at radius 3 is 1.56 bits per heavy atom. The van der Waals surface area contributed by atoms with Gasteiger partial charge in [0.25, 0.3) is 0 Å². The molecule has 0 radical (unpaired) electrons. The zero-order valence-electron chi connectivity index (χ0n) is 25.9. The number of nitrogens with zero attached hydrogens (tertiary/aromatic N) is 3. The van der Waals surface area contributed by atoms with Crippen LogP contribution in [0.15, 0.2) is 152 Å². The van der Waals surface area contributed by atoms with Crippen molar-refractivity contribution >= 4 is 31.6 Å². The van der Waals surface area contributed by atoms with Crippen LogP contribution in [0, 0.1) is 0 Å². The smallest absolute Gasteiger partial charge is 0.158 e. The molecule has 0 bridgehead atoms. The Hall–Kier alpha value is -5.85. The Bertz CT molecular complexity index is 2520. The molecule has 0 aliphatic carbocycles. The summed E-state index contributed by atoms with van der Waals surface area (Å²) in [7, 11) is -3.37. The lowest BCUT2D eigenvalue weighted by atomic mass is 9.90. The van der Waals surface area contributed by atoms with Crippen molar-refractivity contribution in [2.45, 2.75) is 11.5 Å². The predicted octanol–water partition coefficient (Wildman–Crippen LogP) is 9.67. The predicted molar refractivity (Wildman–Crippen MR) is 194 cm³/mol. The first-order valence-corrected chi connectivity index (χ1v) is 17.7. The minimum atomic E-state index is -3.37. The maximum absolute atomic E-state index is 13.4. The molecule has 0 amide bonds. The Balaban J connectivity index is 1.26. The van der Waals surface area contributed by atoms with E-state index in [0.29, 0.717) is 0 Å². The molecule has 9 rings (SSSR count). The molecule has 3 aromatic heterocycles. The molecular weight excluding hydrogens is 611 g/mol. The molecule has 8 aromatic rings. The minimum absolute atomic E-state index is 0.00132. The second-order valence-electron chi connectivity index (χ2n) is 12.4. The normalized spacial score (nSPS) is 13.6. The zero-order valence-corrected chi connectivity index (χ0v) is 26.7. The number of aromatic nitrogens is 3. The second kappa shape index (κ2) is 11.1. The van der Waals surface area contributed by atoms with Crippen LogP contribution in [0.1, 0.15) is 11.1 Å². The summed E-state index contributed by atoms with van der Waals surface area (Å²) in [5, 5.41) is 2.37. The molecule has 0 atom stereocenters. The fourth-order valence-corrected chi connectivity index (χ4v) is 8.69. The number of hydrogen-bond acceptors (Lipinski definition) is 4. The van der Waals surface area contributed by atoms with Gasteiger partial charge in [-0.25, -0.2) is 8.42 Å². The van der Waals surface area contributed by atoms with Crippen LogP contribution in [0.2, 0.25) is 0 Å². The second-order valence-corrected chi connectivity index (χ2v) is 14.5. The van der Waals surface area contributed by atoms with Crippen molar-refractivity contribution < 1.29 is 8.42 Å². The van der Waals surface area contributed by atoms with Crippen molar-refractivity contribution in [2.24, 2.45) is 0 Å². The summed E-state index contributed by atoms with van der Waals surface area (Å²) in [5.41, 5.74) is 12.9. The first-order valence-electron chi connectivity index (χ1n) is 15.9. The monoisotopic (exact) mass is 639 g/mol. The lowest BCUT2D eigenvalue weighted by Gasteiger charge is -2.16. The van der Waals surface area contributed by atoms with E-state index in [1.54, 1.807) is 12.4 Å². The van der Waals surface area contributed by atoms with Gasteiger partial charge in [-0.2, -0.15) is 0 Å². The number of pyridine rings is 2. The number of benzene rings is 5. The van der Waals surface area contributed by atoms with Crippen LogP contribution < -0.4 is 0 Å². The third kappa shape index (κ3) is 4.89. The van der Waals surface area contributed by atoms with Crippen molar-refractivity contribution in [1.82, 2.24) is 14.5 Å². The molecule has 230 valence electrons. The molecular formula is C42H29N3O2S. The molecule has 0 saturated heterocycles. The molecule has 1 aliphatic rings. The van der Waals surface area contributed by atoms with Crippen molar-refractivity contribution in [3.05, 3.63) is 163 Å². The number of fused-ring (bicyclic) bond motifs is 6. The standard InChI is InChI=1S/C42H29N3O2S/c46-48(47)26-31-14-13-28(33-19-34(29-7-5-17-43-24-29)21-35(20-33)30-8-6-18-44-25-30)22-39(31)40-23-36(16-15-32(40)27-48)45-41-11-3-1-9-37(41)38-10-2-4-12-42(38)45/h1-25H,26-27H2. The highest BCUT2D eigenvalue weighted by Crippen LogP contribution is 2.41. The van der Waals surface area contributed by atoms with Crippen LogP contribution in [0.25, 0.3) is 72.0 Å². The van der Waals surface area contributed by atoms with Crippen molar-refractivity contribution in [1.29, 1.82) is 0 Å². The van der Waals surface area contributed by atoms with Crippen molar-refractivity contribution in [2.75, 3.05) is 0 Å². The maximum Gasteiger partial charge on any atom is 0.158 e. The molecule has 0 fully saturated rings. The quantitative estimate of drug-likeness (QED) is 0.192. The van der Waals surface area contributed by atoms with Gasteiger partial charge >= 0.3 is 0 Å². The Labute approximate surface area is 278 Å². The van der Waals surface area contributed by atoms with E-state index < -0.39 is 9.84 Å². The van der Waals surface area contributed by atoms with Crippen LogP contribution in [0.3, 0.4) is 0 Å². The van der Waals surface area contributed by atoms with Crippen molar-refractivity contribution in [3.63, 3.8) is 0 Å². The maximum atomic E-state index is 13.4. The van der Waals surface area contributed by atoms with Crippen LogP contribution in [0.5, 0.6) is 0 Å². The van der Waals surface area contributed by atoms with Gasteiger partial charge < -0.3 is 4.57 Å². The Morgan fingerprint density at radius 2 is 1.00 bits per heavy atom. The first kappa shape index (κ1) is 28.4. The number of hydrogen-bond donors (Lipinski definition) is 0. The summed E-state index contributed by atoms with van der Waals surface area (Å²) in [5.74, 6) is 0.000114. The molecule has 1 aliphatic heterocycles. The van der Waals surface area contributed by atoms with E-state index in [2.05, 4.69) is 112 Å². The van der Waals surface area contributed by atoms with E-state index in [4.69, 9.17) is 0 Å². The van der Waals surface area contributed by atoms with Gasteiger partial charge in [0.05, 0.1) is 22.5 Å². The molecule has 0 spiro atoms. The van der Waals surface area contributed by atoms with Gasteiger partial charge in [0.15, 0.2) is 9.84 Å². The largest absolute Gasteiger partial charge is 0.309 e. The first-order chi connectivity index (χ1) is 23.5. The Kier molecular flexibility index (Phi) is 6.59. The summed E-state index contributed by atoms with van der Waals surface area (Å²) in [6, 6.07) is 43.9. The fourth-order valence-electron chi connectivity index (χ4n) is 7.13. The van der Waals surface area contributed by atoms with E-state index in [1.807, 2.05) is 42.7 Å². The lowest BCUT2D eigenvalue weighted by molar-refractivity contribution is 0.595. The topological polar surface area (TPSA) is 64.8 Å². The zero-order chi connectivity index (χ0) is 32.2. The van der Waals surface area contributed by atoms with E-state index in [9.17, 15) is 8.42 Å². The fraction of sp³-hybridized carbons (Fsp3) is 0.0476. The average molecular weight is 640 g/mol. The highest BCUT2D eigenvalue weighted by Gasteiger charge is 2.25. The molecule has 5 aromatic carbocycles. The number of rotatable bonds is 4. The summed E-state index contributed by atoms with van der Waals surface area (Å²) >= 11 is 0. The van der Waals surface area contributed by atoms with E-state index >= 15 is 0 Å². The molecule has 6 heteroatoms. The minimum Gasteiger partial charge on any atom is -0.309 e. The van der Waals surface area contributed by atoms with Gasteiger partial charge in [0, 0.05) is 52.4 Å². The van der Waals surface area contributed by atoms with Gasteiger partial charge in [0.2, 0.25) is 0 Å². The van der Waals surface area contributed by atoms with Gasteiger partial charge in [-0.15, -0.1) is 0 Å².